The fourth-order valence-corrected chi connectivity index (χ4v) is 4.83. The van der Waals surface area contributed by atoms with Gasteiger partial charge in [0.2, 0.25) is 5.43 Å². The molecule has 1 aromatic carbocycles. The summed E-state index contributed by atoms with van der Waals surface area (Å²) in [5, 5.41) is 8.95. The zero-order chi connectivity index (χ0) is 22.0. The van der Waals surface area contributed by atoms with Crippen molar-refractivity contribution in [3.63, 3.8) is 0 Å². The first-order valence-electron chi connectivity index (χ1n) is 10.00. The molecule has 1 fully saturated rings. The average Bonchev–Trinajstić information content (AvgIpc) is 2.95. The lowest BCUT2D eigenvalue weighted by molar-refractivity contribution is 0.143. The van der Waals surface area contributed by atoms with Crippen molar-refractivity contribution in [2.75, 3.05) is 24.6 Å². The summed E-state index contributed by atoms with van der Waals surface area (Å²) in [6.07, 6.45) is -0.249. The predicted molar refractivity (Wildman–Crippen MR) is 110 cm³/mol. The number of benzene rings is 1. The maximum absolute atomic E-state index is 15.4. The van der Waals surface area contributed by atoms with Gasteiger partial charge < -0.3 is 29.8 Å². The third kappa shape index (κ3) is 3.08. The molecule has 162 valence electrons. The second-order valence-electron chi connectivity index (χ2n) is 8.93. The molecule has 30 heavy (non-hydrogen) atoms. The van der Waals surface area contributed by atoms with Gasteiger partial charge in [-0.3, -0.25) is 4.79 Å². The molecule has 3 heterocycles. The van der Waals surface area contributed by atoms with Crippen LogP contribution in [0.4, 0.5) is 14.9 Å². The molecule has 9 heteroatoms. The lowest BCUT2D eigenvalue weighted by Gasteiger charge is -2.31. The zero-order valence-electron chi connectivity index (χ0n) is 17.4. The van der Waals surface area contributed by atoms with Crippen LogP contribution in [0.2, 0.25) is 0 Å². The van der Waals surface area contributed by atoms with Gasteiger partial charge in [-0.25, -0.2) is 9.18 Å². The van der Waals surface area contributed by atoms with E-state index in [0.717, 1.165) is 6.07 Å². The Balaban J connectivity index is 1.94. The molecule has 4 rings (SSSR count). The van der Waals surface area contributed by atoms with Gasteiger partial charge in [0.15, 0.2) is 17.3 Å². The summed E-state index contributed by atoms with van der Waals surface area (Å²) in [5.74, 6) is -0.210. The number of anilines is 1. The van der Waals surface area contributed by atoms with Crippen molar-refractivity contribution >= 4 is 22.7 Å². The van der Waals surface area contributed by atoms with Crippen molar-refractivity contribution < 1.29 is 23.8 Å². The smallest absolute Gasteiger partial charge is 0.487 e. The largest absolute Gasteiger partial charge is 0.511 e. The Kier molecular flexibility index (Phi) is 4.68. The van der Waals surface area contributed by atoms with E-state index in [1.54, 1.807) is 4.57 Å². The van der Waals surface area contributed by atoms with E-state index in [2.05, 4.69) is 18.6 Å². The number of pyridine rings is 1. The topological polar surface area (TPSA) is 107 Å². The Morgan fingerprint density at radius 2 is 2.17 bits per heavy atom. The van der Waals surface area contributed by atoms with E-state index in [1.807, 2.05) is 18.7 Å². The van der Waals surface area contributed by atoms with Gasteiger partial charge in [0, 0.05) is 18.6 Å². The Morgan fingerprint density at radius 3 is 2.77 bits per heavy atom. The van der Waals surface area contributed by atoms with Crippen molar-refractivity contribution in [2.24, 2.45) is 17.6 Å². The molecular formula is C21H26FN3O5. The van der Waals surface area contributed by atoms with Crippen LogP contribution in [0.15, 0.2) is 17.1 Å². The SMILES string of the molecule is CC(C)C1CN(c2c(F)cc3c(=O)c(OC(=O)O)cn4c3c2OC[C@@H]4C)CC1(C)N. The number of aromatic nitrogens is 1. The minimum Gasteiger partial charge on any atom is -0.487 e. The highest BCUT2D eigenvalue weighted by Gasteiger charge is 2.43. The van der Waals surface area contributed by atoms with Crippen molar-refractivity contribution in [3.05, 3.63) is 28.3 Å². The van der Waals surface area contributed by atoms with Gasteiger partial charge in [-0.1, -0.05) is 13.8 Å². The molecule has 3 N–H and O–H groups in total. The second-order valence-corrected chi connectivity index (χ2v) is 8.93. The second kappa shape index (κ2) is 6.87. The Morgan fingerprint density at radius 1 is 1.47 bits per heavy atom. The molecule has 0 aliphatic carbocycles. The first-order chi connectivity index (χ1) is 14.0. The van der Waals surface area contributed by atoms with Gasteiger partial charge >= 0.3 is 6.16 Å². The number of halogens is 1. The summed E-state index contributed by atoms with van der Waals surface area (Å²) in [6, 6.07) is 0.941. The summed E-state index contributed by atoms with van der Waals surface area (Å²) < 4.78 is 27.6. The van der Waals surface area contributed by atoms with Crippen LogP contribution in [-0.2, 0) is 0 Å². The van der Waals surface area contributed by atoms with E-state index in [-0.39, 0.29) is 41.1 Å². The lowest BCUT2D eigenvalue weighted by atomic mass is 9.82. The van der Waals surface area contributed by atoms with Crippen LogP contribution < -0.4 is 25.5 Å². The van der Waals surface area contributed by atoms with Gasteiger partial charge in [0.05, 0.1) is 23.1 Å². The van der Waals surface area contributed by atoms with E-state index in [9.17, 15) is 9.59 Å². The number of carboxylic acid groups (broad SMARTS) is 1. The molecule has 0 spiro atoms. The number of hydrogen-bond acceptors (Lipinski definition) is 6. The van der Waals surface area contributed by atoms with Crippen LogP contribution in [0.5, 0.6) is 11.5 Å². The normalized spacial score (nSPS) is 25.6. The van der Waals surface area contributed by atoms with Crippen molar-refractivity contribution in [3.8, 4) is 11.5 Å². The summed E-state index contributed by atoms with van der Waals surface area (Å²) >= 11 is 0. The van der Waals surface area contributed by atoms with Crippen molar-refractivity contribution in [1.29, 1.82) is 0 Å². The molecule has 2 unspecified atom stereocenters. The zero-order valence-corrected chi connectivity index (χ0v) is 17.4. The minimum absolute atomic E-state index is 0.0201. The molecule has 1 saturated heterocycles. The molecule has 0 saturated carbocycles. The first-order valence-corrected chi connectivity index (χ1v) is 10.00. The molecule has 0 radical (unpaired) electrons. The van der Waals surface area contributed by atoms with E-state index < -0.39 is 22.9 Å². The van der Waals surface area contributed by atoms with Crippen molar-refractivity contribution in [1.82, 2.24) is 4.57 Å². The maximum Gasteiger partial charge on any atom is 0.511 e. The minimum atomic E-state index is -1.60. The number of hydrogen-bond donors (Lipinski definition) is 2. The van der Waals surface area contributed by atoms with E-state index in [4.69, 9.17) is 15.6 Å². The quantitative estimate of drug-likeness (QED) is 0.737. The molecule has 3 atom stereocenters. The third-order valence-corrected chi connectivity index (χ3v) is 6.22. The van der Waals surface area contributed by atoms with E-state index in [1.165, 1.54) is 6.20 Å². The van der Waals surface area contributed by atoms with Crippen LogP contribution in [0, 0.1) is 17.7 Å². The van der Waals surface area contributed by atoms with Gasteiger partial charge in [0.25, 0.3) is 0 Å². The highest BCUT2D eigenvalue weighted by atomic mass is 19.1. The Labute approximate surface area is 173 Å². The lowest BCUT2D eigenvalue weighted by Crippen LogP contribution is -2.46. The van der Waals surface area contributed by atoms with Crippen LogP contribution in [-0.4, -0.2) is 41.1 Å². The highest BCUT2D eigenvalue weighted by molar-refractivity contribution is 5.93. The molecule has 2 aliphatic heterocycles. The Hall–Kier alpha value is -2.81. The molecular weight excluding hydrogens is 393 g/mol. The maximum atomic E-state index is 15.4. The molecule has 1 aromatic heterocycles. The molecule has 8 nitrogen and oxygen atoms in total. The molecule has 0 amide bonds. The average molecular weight is 419 g/mol. The van der Waals surface area contributed by atoms with Crippen molar-refractivity contribution in [2.45, 2.75) is 39.3 Å². The molecule has 2 aromatic rings. The van der Waals surface area contributed by atoms with Crippen LogP contribution in [0.25, 0.3) is 10.9 Å². The van der Waals surface area contributed by atoms with Crippen LogP contribution in [0.3, 0.4) is 0 Å². The van der Waals surface area contributed by atoms with Gasteiger partial charge in [-0.15, -0.1) is 0 Å². The summed E-state index contributed by atoms with van der Waals surface area (Å²) in [4.78, 5) is 25.7. The van der Waals surface area contributed by atoms with Gasteiger partial charge in [-0.05, 0) is 31.7 Å². The van der Waals surface area contributed by atoms with E-state index in [0.29, 0.717) is 24.5 Å². The fraction of sp³-hybridized carbons (Fsp3) is 0.524. The summed E-state index contributed by atoms with van der Waals surface area (Å²) in [7, 11) is 0. The van der Waals surface area contributed by atoms with Gasteiger partial charge in [-0.2, -0.15) is 0 Å². The summed E-state index contributed by atoms with van der Waals surface area (Å²) in [6.45, 7) is 9.30. The number of ether oxygens (including phenoxy) is 2. The highest BCUT2D eigenvalue weighted by Crippen LogP contribution is 2.45. The molecule has 0 bridgehead atoms. The van der Waals surface area contributed by atoms with E-state index >= 15 is 4.39 Å². The number of nitrogens with zero attached hydrogens (tertiary/aromatic N) is 2. The summed E-state index contributed by atoms with van der Waals surface area (Å²) in [5.41, 5.74) is 6.05. The fourth-order valence-electron chi connectivity index (χ4n) is 4.83. The number of nitrogens with two attached hydrogens (primary N) is 1. The third-order valence-electron chi connectivity index (χ3n) is 6.22. The Bertz CT molecular complexity index is 1090. The number of carbonyl (C=O) groups is 1. The van der Waals surface area contributed by atoms with Crippen LogP contribution >= 0.6 is 0 Å². The standard InChI is InChI=1S/C21H26FN3O5/c1-10(2)13-6-24(9-21(13,4)23)17-14(22)5-12-16-19(17)29-8-11(3)25(16)7-15(18(12)26)30-20(27)28/h5,7,10-11,13H,6,8-9,23H2,1-4H3,(H,27,28)/t11-,13?,21?/m0/s1. The number of rotatable bonds is 3. The molecule has 2 aliphatic rings. The monoisotopic (exact) mass is 419 g/mol. The van der Waals surface area contributed by atoms with Gasteiger partial charge in [0.1, 0.15) is 12.3 Å². The predicted octanol–water partition coefficient (Wildman–Crippen LogP) is 2.96. The van der Waals surface area contributed by atoms with Crippen LogP contribution in [0.1, 0.15) is 33.7 Å². The first kappa shape index (κ1) is 20.5.